The number of amides is 2. The van der Waals surface area contributed by atoms with Crippen LogP contribution in [-0.4, -0.2) is 37.2 Å². The van der Waals surface area contributed by atoms with Gasteiger partial charge in [0.25, 0.3) is 0 Å². The lowest BCUT2D eigenvalue weighted by Gasteiger charge is -2.30. The van der Waals surface area contributed by atoms with Gasteiger partial charge >= 0.3 is 6.03 Å². The molecule has 0 radical (unpaired) electrons. The van der Waals surface area contributed by atoms with Gasteiger partial charge in [0.2, 0.25) is 0 Å². The fourth-order valence-electron chi connectivity index (χ4n) is 3.54. The predicted octanol–water partition coefficient (Wildman–Crippen LogP) is 4.38. The fraction of sp³-hybridized carbons (Fsp3) is 0.261. The molecule has 0 bridgehead atoms. The maximum absolute atomic E-state index is 12.7. The van der Waals surface area contributed by atoms with Gasteiger partial charge in [0, 0.05) is 7.05 Å². The van der Waals surface area contributed by atoms with Gasteiger partial charge in [-0.3, -0.25) is 0 Å². The molecule has 2 unspecified atom stereocenters. The molecule has 5 heteroatoms. The summed E-state index contributed by atoms with van der Waals surface area (Å²) >= 11 is 0. The number of hydrogen-bond acceptors (Lipinski definition) is 3. The van der Waals surface area contributed by atoms with Crippen molar-refractivity contribution in [3.8, 4) is 11.5 Å². The molecule has 3 aromatic carbocycles. The summed E-state index contributed by atoms with van der Waals surface area (Å²) in [6, 6.07) is 21.7. The quantitative estimate of drug-likeness (QED) is 0.735. The Labute approximate surface area is 164 Å². The predicted molar refractivity (Wildman–Crippen MR) is 110 cm³/mol. The number of likely N-dealkylation sites (N-methyl/N-ethyl adjacent to an activating group) is 1. The van der Waals surface area contributed by atoms with Gasteiger partial charge in [-0.1, -0.05) is 54.6 Å². The van der Waals surface area contributed by atoms with Crippen molar-refractivity contribution < 1.29 is 14.3 Å². The first-order valence-electron chi connectivity index (χ1n) is 9.49. The van der Waals surface area contributed by atoms with Crippen LogP contribution < -0.4 is 14.8 Å². The van der Waals surface area contributed by atoms with Gasteiger partial charge in [-0.05, 0) is 35.4 Å². The number of nitrogens with one attached hydrogen (secondary N) is 1. The molecule has 0 fully saturated rings. The molecular weight excluding hydrogens is 352 g/mol. The van der Waals surface area contributed by atoms with Gasteiger partial charge in [0.05, 0.1) is 12.6 Å². The second-order valence-electron chi connectivity index (χ2n) is 7.12. The Hall–Kier alpha value is -3.21. The third-order valence-corrected chi connectivity index (χ3v) is 5.02. The molecular formula is C23H24N2O3. The molecule has 1 aliphatic heterocycles. The first kappa shape index (κ1) is 18.2. The van der Waals surface area contributed by atoms with Crippen molar-refractivity contribution in [3.63, 3.8) is 0 Å². The van der Waals surface area contributed by atoms with Crippen molar-refractivity contribution in [3.05, 3.63) is 72.3 Å². The number of fused-ring (bicyclic) bond motifs is 2. The number of urea groups is 1. The summed E-state index contributed by atoms with van der Waals surface area (Å²) in [6.07, 6.45) is -0.196. The number of rotatable bonds is 4. The van der Waals surface area contributed by atoms with Gasteiger partial charge in [-0.25, -0.2) is 4.79 Å². The second kappa shape index (κ2) is 7.80. The van der Waals surface area contributed by atoms with Gasteiger partial charge in [0.1, 0.15) is 6.61 Å². The van der Waals surface area contributed by atoms with Crippen molar-refractivity contribution in [2.75, 3.05) is 20.2 Å². The summed E-state index contributed by atoms with van der Waals surface area (Å²) in [5.74, 6) is 1.46. The minimum Gasteiger partial charge on any atom is -0.486 e. The zero-order chi connectivity index (χ0) is 19.5. The number of nitrogens with zero attached hydrogens (tertiary/aromatic N) is 1. The highest BCUT2D eigenvalue weighted by molar-refractivity contribution is 5.86. The van der Waals surface area contributed by atoms with Crippen LogP contribution in [0.15, 0.2) is 66.7 Å². The van der Waals surface area contributed by atoms with Crippen LogP contribution in [0.25, 0.3) is 10.8 Å². The summed E-state index contributed by atoms with van der Waals surface area (Å²) < 4.78 is 11.7. The molecule has 5 nitrogen and oxygen atoms in total. The van der Waals surface area contributed by atoms with Crippen molar-refractivity contribution in [2.24, 2.45) is 0 Å². The van der Waals surface area contributed by atoms with Crippen molar-refractivity contribution in [2.45, 2.75) is 19.1 Å². The third kappa shape index (κ3) is 3.74. The van der Waals surface area contributed by atoms with E-state index in [0.717, 1.165) is 22.4 Å². The number of para-hydroxylation sites is 2. The lowest BCUT2D eigenvalue weighted by molar-refractivity contribution is 0.0713. The molecule has 1 heterocycles. The van der Waals surface area contributed by atoms with Gasteiger partial charge in [-0.15, -0.1) is 0 Å². The summed E-state index contributed by atoms with van der Waals surface area (Å²) in [4.78, 5) is 14.3. The van der Waals surface area contributed by atoms with Crippen LogP contribution in [0, 0.1) is 0 Å². The number of carbonyl (C=O) groups excluding carboxylic acids is 1. The molecule has 3 aromatic rings. The van der Waals surface area contributed by atoms with E-state index in [1.54, 1.807) is 11.9 Å². The normalized spacial score (nSPS) is 16.4. The van der Waals surface area contributed by atoms with Crippen molar-refractivity contribution in [1.29, 1.82) is 0 Å². The van der Waals surface area contributed by atoms with E-state index >= 15 is 0 Å². The molecule has 0 saturated carbocycles. The van der Waals surface area contributed by atoms with Crippen LogP contribution in [-0.2, 0) is 0 Å². The largest absolute Gasteiger partial charge is 0.486 e. The van der Waals surface area contributed by atoms with E-state index in [9.17, 15) is 4.79 Å². The minimum atomic E-state index is -0.196. The number of benzene rings is 3. The molecule has 0 aliphatic carbocycles. The Morgan fingerprint density at radius 1 is 1.07 bits per heavy atom. The smallest absolute Gasteiger partial charge is 0.317 e. The van der Waals surface area contributed by atoms with Crippen molar-refractivity contribution in [1.82, 2.24) is 10.2 Å². The summed E-state index contributed by atoms with van der Waals surface area (Å²) in [5, 5.41) is 5.41. The summed E-state index contributed by atoms with van der Waals surface area (Å²) in [6.45, 7) is 2.87. The van der Waals surface area contributed by atoms with E-state index in [4.69, 9.17) is 9.47 Å². The number of hydrogen-bond donors (Lipinski definition) is 1. The molecule has 0 spiro atoms. The van der Waals surface area contributed by atoms with E-state index in [-0.39, 0.29) is 18.2 Å². The van der Waals surface area contributed by atoms with E-state index < -0.39 is 0 Å². The Morgan fingerprint density at radius 3 is 2.64 bits per heavy atom. The zero-order valence-electron chi connectivity index (χ0n) is 16.1. The highest BCUT2D eigenvalue weighted by atomic mass is 16.6. The molecule has 0 aromatic heterocycles. The SMILES string of the molecule is CC(NC(=O)N(C)CC1COc2ccccc2O1)c1cccc2ccccc12. The first-order valence-corrected chi connectivity index (χ1v) is 9.49. The van der Waals surface area contributed by atoms with Gasteiger partial charge in [-0.2, -0.15) is 0 Å². The van der Waals surface area contributed by atoms with Gasteiger partial charge < -0.3 is 19.7 Å². The van der Waals surface area contributed by atoms with Gasteiger partial charge in [0.15, 0.2) is 17.6 Å². The summed E-state index contributed by atoms with van der Waals surface area (Å²) in [5.41, 5.74) is 1.10. The van der Waals surface area contributed by atoms with E-state index in [1.165, 1.54) is 5.39 Å². The first-order chi connectivity index (χ1) is 13.6. The molecule has 4 rings (SSSR count). The zero-order valence-corrected chi connectivity index (χ0v) is 16.1. The number of carbonyl (C=O) groups is 1. The standard InChI is InChI=1S/C23H24N2O3/c1-16(19-11-7-9-17-8-3-4-10-20(17)19)24-23(26)25(2)14-18-15-27-21-12-5-6-13-22(21)28-18/h3-13,16,18H,14-15H2,1-2H3,(H,24,26). The molecule has 0 saturated heterocycles. The Bertz CT molecular complexity index is 983. The van der Waals surface area contributed by atoms with Crippen LogP contribution >= 0.6 is 0 Å². The van der Waals surface area contributed by atoms with E-state index in [0.29, 0.717) is 13.2 Å². The number of ether oxygens (including phenoxy) is 2. The van der Waals surface area contributed by atoms with Crippen LogP contribution in [0.3, 0.4) is 0 Å². The molecule has 144 valence electrons. The van der Waals surface area contributed by atoms with E-state index in [1.807, 2.05) is 49.4 Å². The Balaban J connectivity index is 1.39. The third-order valence-electron chi connectivity index (χ3n) is 5.02. The highest BCUT2D eigenvalue weighted by Gasteiger charge is 2.24. The molecule has 2 atom stereocenters. The molecule has 1 aliphatic rings. The minimum absolute atomic E-state index is 0.106. The van der Waals surface area contributed by atoms with Crippen molar-refractivity contribution >= 4 is 16.8 Å². The maximum atomic E-state index is 12.7. The van der Waals surface area contributed by atoms with Crippen LogP contribution in [0.2, 0.25) is 0 Å². The molecule has 2 amide bonds. The maximum Gasteiger partial charge on any atom is 0.317 e. The fourth-order valence-corrected chi connectivity index (χ4v) is 3.54. The Kier molecular flexibility index (Phi) is 5.06. The lowest BCUT2D eigenvalue weighted by Crippen LogP contribution is -2.46. The van der Waals surface area contributed by atoms with Crippen LogP contribution in [0.1, 0.15) is 18.5 Å². The second-order valence-corrected chi connectivity index (χ2v) is 7.12. The highest BCUT2D eigenvalue weighted by Crippen LogP contribution is 2.31. The van der Waals surface area contributed by atoms with Crippen LogP contribution in [0.4, 0.5) is 4.79 Å². The topological polar surface area (TPSA) is 50.8 Å². The lowest BCUT2D eigenvalue weighted by atomic mass is 10.00. The van der Waals surface area contributed by atoms with Crippen LogP contribution in [0.5, 0.6) is 11.5 Å². The average Bonchev–Trinajstić information content (AvgIpc) is 2.73. The monoisotopic (exact) mass is 376 g/mol. The Morgan fingerprint density at radius 2 is 1.79 bits per heavy atom. The average molecular weight is 376 g/mol. The van der Waals surface area contributed by atoms with E-state index in [2.05, 4.69) is 29.6 Å². The molecule has 28 heavy (non-hydrogen) atoms. The summed E-state index contributed by atoms with van der Waals surface area (Å²) in [7, 11) is 1.77. The molecule has 1 N–H and O–H groups in total.